The van der Waals surface area contributed by atoms with Crippen molar-refractivity contribution in [3.05, 3.63) is 57.9 Å². The van der Waals surface area contributed by atoms with Gasteiger partial charge in [-0.3, -0.25) is 4.40 Å². The van der Waals surface area contributed by atoms with Crippen LogP contribution >= 0.6 is 11.3 Å². The van der Waals surface area contributed by atoms with Gasteiger partial charge in [0.05, 0.1) is 11.4 Å². The second-order valence-corrected chi connectivity index (χ2v) is 7.44. The molecule has 114 valence electrons. The largest absolute Gasteiger partial charge is 0.308 e. The fourth-order valence-electron chi connectivity index (χ4n) is 3.44. The maximum Gasteiger partial charge on any atom is 0.194 e. The predicted octanol–water partition coefficient (Wildman–Crippen LogP) is 3.66. The van der Waals surface area contributed by atoms with Gasteiger partial charge in [-0.05, 0) is 44.2 Å². The third kappa shape index (κ3) is 2.46. The van der Waals surface area contributed by atoms with E-state index in [2.05, 4.69) is 59.0 Å². The first kappa shape index (κ1) is 14.0. The minimum atomic E-state index is 0.569. The zero-order chi connectivity index (χ0) is 15.1. The van der Waals surface area contributed by atoms with Gasteiger partial charge in [-0.25, -0.2) is 4.98 Å². The summed E-state index contributed by atoms with van der Waals surface area (Å²) < 4.78 is 2.25. The first-order chi connectivity index (χ1) is 10.7. The van der Waals surface area contributed by atoms with Crippen LogP contribution < -0.4 is 5.32 Å². The van der Waals surface area contributed by atoms with Crippen molar-refractivity contribution >= 4 is 16.3 Å². The highest BCUT2D eigenvalue weighted by Gasteiger charge is 2.19. The average molecular weight is 311 g/mol. The molecule has 1 N–H and O–H groups in total. The Hall–Kier alpha value is -1.65. The van der Waals surface area contributed by atoms with Crippen LogP contribution in [0.2, 0.25) is 0 Å². The molecule has 3 nitrogen and oxygen atoms in total. The van der Waals surface area contributed by atoms with E-state index in [9.17, 15) is 0 Å². The molecule has 1 aromatic carbocycles. The van der Waals surface area contributed by atoms with Crippen LogP contribution in [0.3, 0.4) is 0 Å². The minimum absolute atomic E-state index is 0.569. The third-order valence-corrected chi connectivity index (χ3v) is 5.54. The minimum Gasteiger partial charge on any atom is -0.308 e. The van der Waals surface area contributed by atoms with Crippen LogP contribution in [0.25, 0.3) is 4.96 Å². The first-order valence-electron chi connectivity index (χ1n) is 7.95. The molecule has 1 unspecified atom stereocenters. The van der Waals surface area contributed by atoms with Gasteiger partial charge in [0.15, 0.2) is 4.96 Å². The molecule has 0 fully saturated rings. The molecule has 0 saturated carbocycles. The lowest BCUT2D eigenvalue weighted by atomic mass is 9.88. The maximum atomic E-state index is 4.68. The van der Waals surface area contributed by atoms with Crippen molar-refractivity contribution in [3.63, 3.8) is 0 Å². The van der Waals surface area contributed by atoms with E-state index in [0.29, 0.717) is 6.04 Å². The molecular weight excluding hydrogens is 290 g/mol. The topological polar surface area (TPSA) is 29.3 Å². The summed E-state index contributed by atoms with van der Waals surface area (Å²) in [6, 6.07) is 9.41. The van der Waals surface area contributed by atoms with Crippen molar-refractivity contribution in [3.8, 4) is 0 Å². The lowest BCUT2D eigenvalue weighted by molar-refractivity contribution is 0.453. The van der Waals surface area contributed by atoms with Crippen LogP contribution in [0.5, 0.6) is 0 Å². The Labute approximate surface area is 135 Å². The number of rotatable bonds is 3. The fourth-order valence-corrected chi connectivity index (χ4v) is 4.32. The number of fused-ring (bicyclic) bond motifs is 2. The SMILES string of the molecule is Cc1cn2c(CNC3CCc4ccccc4C3)c(C)nc2s1. The van der Waals surface area contributed by atoms with Crippen LogP contribution in [0.1, 0.15) is 33.8 Å². The van der Waals surface area contributed by atoms with Crippen LogP contribution in [0.15, 0.2) is 30.5 Å². The number of imidazole rings is 1. The molecule has 1 aliphatic carbocycles. The number of aromatic nitrogens is 2. The fraction of sp³-hybridized carbons (Fsp3) is 0.389. The van der Waals surface area contributed by atoms with Gasteiger partial charge in [-0.1, -0.05) is 24.3 Å². The van der Waals surface area contributed by atoms with Gasteiger partial charge in [0.1, 0.15) is 0 Å². The molecule has 4 rings (SSSR count). The normalized spacial score (nSPS) is 17.8. The molecular formula is C18H21N3S. The molecule has 0 bridgehead atoms. The van der Waals surface area contributed by atoms with Gasteiger partial charge >= 0.3 is 0 Å². The summed E-state index contributed by atoms with van der Waals surface area (Å²) in [5.41, 5.74) is 5.48. The molecule has 0 aliphatic heterocycles. The summed E-state index contributed by atoms with van der Waals surface area (Å²) in [7, 11) is 0. The Morgan fingerprint density at radius 1 is 1.27 bits per heavy atom. The van der Waals surface area contributed by atoms with E-state index in [0.717, 1.165) is 23.6 Å². The molecule has 4 heteroatoms. The lowest BCUT2D eigenvalue weighted by Crippen LogP contribution is -2.34. The number of hydrogen-bond donors (Lipinski definition) is 1. The highest BCUT2D eigenvalue weighted by atomic mass is 32.1. The summed E-state index contributed by atoms with van der Waals surface area (Å²) in [6.07, 6.45) is 5.75. The summed E-state index contributed by atoms with van der Waals surface area (Å²) in [5, 5.41) is 3.75. The van der Waals surface area contributed by atoms with E-state index in [4.69, 9.17) is 0 Å². The summed E-state index contributed by atoms with van der Waals surface area (Å²) >= 11 is 1.76. The van der Waals surface area contributed by atoms with Crippen molar-refractivity contribution in [1.82, 2.24) is 14.7 Å². The van der Waals surface area contributed by atoms with E-state index < -0.39 is 0 Å². The molecule has 1 atom stereocenters. The Bertz CT molecular complexity index is 815. The number of thiazole rings is 1. The second kappa shape index (κ2) is 5.52. The van der Waals surface area contributed by atoms with Gasteiger partial charge in [0.25, 0.3) is 0 Å². The van der Waals surface area contributed by atoms with E-state index in [-0.39, 0.29) is 0 Å². The lowest BCUT2D eigenvalue weighted by Gasteiger charge is -2.25. The highest BCUT2D eigenvalue weighted by molar-refractivity contribution is 7.17. The van der Waals surface area contributed by atoms with E-state index >= 15 is 0 Å². The third-order valence-electron chi connectivity index (χ3n) is 4.65. The molecule has 0 saturated heterocycles. The second-order valence-electron chi connectivity index (χ2n) is 6.23. The van der Waals surface area contributed by atoms with Crippen molar-refractivity contribution in [2.24, 2.45) is 0 Å². The van der Waals surface area contributed by atoms with Crippen LogP contribution in [-0.4, -0.2) is 15.4 Å². The first-order valence-corrected chi connectivity index (χ1v) is 8.76. The molecule has 0 radical (unpaired) electrons. The number of nitrogens with zero attached hydrogens (tertiary/aromatic N) is 2. The van der Waals surface area contributed by atoms with E-state index in [1.807, 2.05) is 0 Å². The maximum absolute atomic E-state index is 4.68. The van der Waals surface area contributed by atoms with Crippen molar-refractivity contribution in [2.45, 2.75) is 45.7 Å². The molecule has 22 heavy (non-hydrogen) atoms. The molecule has 0 amide bonds. The van der Waals surface area contributed by atoms with E-state index in [1.165, 1.54) is 34.5 Å². The zero-order valence-corrected chi connectivity index (χ0v) is 13.9. The molecule has 1 aliphatic rings. The van der Waals surface area contributed by atoms with Crippen molar-refractivity contribution < 1.29 is 0 Å². The molecule has 0 spiro atoms. The highest BCUT2D eigenvalue weighted by Crippen LogP contribution is 2.23. The van der Waals surface area contributed by atoms with Gasteiger partial charge in [-0.15, -0.1) is 11.3 Å². The molecule has 2 aromatic heterocycles. The smallest absolute Gasteiger partial charge is 0.194 e. The Balaban J connectivity index is 1.49. The Morgan fingerprint density at radius 2 is 2.09 bits per heavy atom. The van der Waals surface area contributed by atoms with E-state index in [1.54, 1.807) is 11.3 Å². The van der Waals surface area contributed by atoms with Gasteiger partial charge < -0.3 is 5.32 Å². The van der Waals surface area contributed by atoms with Gasteiger partial charge in [0.2, 0.25) is 0 Å². The van der Waals surface area contributed by atoms with Crippen molar-refractivity contribution in [2.75, 3.05) is 0 Å². The molecule has 3 aromatic rings. The van der Waals surface area contributed by atoms with Crippen LogP contribution in [0, 0.1) is 13.8 Å². The number of aryl methyl sites for hydroxylation is 3. The van der Waals surface area contributed by atoms with Crippen molar-refractivity contribution in [1.29, 1.82) is 0 Å². The Kier molecular flexibility index (Phi) is 3.51. The standard InChI is InChI=1S/C18H21N3S/c1-12-11-21-17(13(2)20-18(21)22-12)10-19-16-8-7-14-5-3-4-6-15(14)9-16/h3-6,11,16,19H,7-10H2,1-2H3. The summed E-state index contributed by atoms with van der Waals surface area (Å²) in [4.78, 5) is 7.10. The number of hydrogen-bond acceptors (Lipinski definition) is 3. The van der Waals surface area contributed by atoms with Crippen LogP contribution in [0.4, 0.5) is 0 Å². The number of nitrogens with one attached hydrogen (secondary N) is 1. The average Bonchev–Trinajstić information content (AvgIpc) is 3.00. The summed E-state index contributed by atoms with van der Waals surface area (Å²) in [5.74, 6) is 0. The predicted molar refractivity (Wildman–Crippen MR) is 91.6 cm³/mol. The van der Waals surface area contributed by atoms with Gasteiger partial charge in [0, 0.05) is 23.7 Å². The quantitative estimate of drug-likeness (QED) is 0.800. The van der Waals surface area contributed by atoms with Gasteiger partial charge in [-0.2, -0.15) is 0 Å². The monoisotopic (exact) mass is 311 g/mol. The number of benzene rings is 1. The van der Waals surface area contributed by atoms with Crippen LogP contribution in [-0.2, 0) is 19.4 Å². The summed E-state index contributed by atoms with van der Waals surface area (Å²) in [6.45, 7) is 5.15. The zero-order valence-electron chi connectivity index (χ0n) is 13.1. The molecule has 2 heterocycles. The Morgan fingerprint density at radius 3 is 2.95 bits per heavy atom.